The van der Waals surface area contributed by atoms with Gasteiger partial charge in [0.1, 0.15) is 0 Å². The van der Waals surface area contributed by atoms with Crippen LogP contribution in [0.3, 0.4) is 0 Å². The van der Waals surface area contributed by atoms with Gasteiger partial charge in [-0.1, -0.05) is 24.3 Å². The Hall–Kier alpha value is -3.73. The van der Waals surface area contributed by atoms with E-state index >= 15 is 0 Å². The van der Waals surface area contributed by atoms with Crippen LogP contribution in [-0.4, -0.2) is 17.7 Å². The maximum absolute atomic E-state index is 13.3. The molecule has 156 valence electrons. The van der Waals surface area contributed by atoms with Gasteiger partial charge in [-0.2, -0.15) is 0 Å². The second-order valence-corrected chi connectivity index (χ2v) is 8.41. The first kappa shape index (κ1) is 18.1. The fourth-order valence-corrected chi connectivity index (χ4v) is 4.44. The molecule has 6 rings (SSSR count). The van der Waals surface area contributed by atoms with Gasteiger partial charge in [-0.3, -0.25) is 4.79 Å². The number of carbonyl (C=O) groups excluding carboxylic acids is 1. The van der Waals surface area contributed by atoms with Crippen molar-refractivity contribution in [3.05, 3.63) is 78.0 Å². The zero-order valence-corrected chi connectivity index (χ0v) is 17.2. The quantitative estimate of drug-likeness (QED) is 0.446. The number of aromatic nitrogens is 1. The van der Waals surface area contributed by atoms with Gasteiger partial charge in [-0.25, -0.2) is 0 Å². The van der Waals surface area contributed by atoms with Gasteiger partial charge in [0.25, 0.3) is 0 Å². The van der Waals surface area contributed by atoms with Gasteiger partial charge in [0.15, 0.2) is 11.5 Å². The molecule has 3 aromatic carbocycles. The number of hydrogen-bond donors (Lipinski definition) is 2. The molecule has 0 spiro atoms. The number of fused-ring (bicyclic) bond motifs is 2. The first-order chi connectivity index (χ1) is 15.1. The number of aryl methyl sites for hydroxylation is 1. The number of rotatable bonds is 4. The number of H-pyrrole nitrogens is 1. The molecule has 5 heteroatoms. The molecule has 1 aliphatic carbocycles. The van der Waals surface area contributed by atoms with E-state index in [9.17, 15) is 4.79 Å². The normalized spacial score (nSPS) is 15.8. The zero-order chi connectivity index (χ0) is 21.0. The SMILES string of the molecule is Cc1ccc(NC(=O)C2(c3ccc4c(c3)OCO4)CC2)cc1-c1ccc2cc[nH]c2c1.[HH]. The fourth-order valence-electron chi connectivity index (χ4n) is 4.44. The summed E-state index contributed by atoms with van der Waals surface area (Å²) in [5.74, 6) is 1.48. The van der Waals surface area contributed by atoms with Gasteiger partial charge in [0.05, 0.1) is 5.41 Å². The number of hydrogen-bond acceptors (Lipinski definition) is 3. The second kappa shape index (κ2) is 6.64. The van der Waals surface area contributed by atoms with Crippen LogP contribution in [0.4, 0.5) is 5.69 Å². The highest BCUT2D eigenvalue weighted by Gasteiger charge is 2.51. The van der Waals surface area contributed by atoms with Gasteiger partial charge >= 0.3 is 0 Å². The number of benzene rings is 3. The molecule has 1 aliphatic heterocycles. The van der Waals surface area contributed by atoms with Crippen molar-refractivity contribution < 1.29 is 15.7 Å². The van der Waals surface area contributed by atoms with Gasteiger partial charge in [0.2, 0.25) is 12.7 Å². The lowest BCUT2D eigenvalue weighted by molar-refractivity contribution is -0.118. The van der Waals surface area contributed by atoms with Crippen molar-refractivity contribution in [1.82, 2.24) is 4.98 Å². The average molecular weight is 412 g/mol. The van der Waals surface area contributed by atoms with Crippen LogP contribution in [0.25, 0.3) is 22.0 Å². The Labute approximate surface area is 181 Å². The molecule has 0 saturated heterocycles. The molecule has 1 fully saturated rings. The van der Waals surface area contributed by atoms with E-state index < -0.39 is 5.41 Å². The summed E-state index contributed by atoms with van der Waals surface area (Å²) >= 11 is 0. The summed E-state index contributed by atoms with van der Waals surface area (Å²) in [6, 6.07) is 20.4. The number of carbonyl (C=O) groups is 1. The molecule has 1 saturated carbocycles. The minimum atomic E-state index is -0.491. The summed E-state index contributed by atoms with van der Waals surface area (Å²) in [4.78, 5) is 16.6. The van der Waals surface area contributed by atoms with Crippen molar-refractivity contribution in [2.75, 3.05) is 12.1 Å². The first-order valence-electron chi connectivity index (χ1n) is 10.5. The number of nitrogens with one attached hydrogen (secondary N) is 2. The predicted octanol–water partition coefficient (Wildman–Crippen LogP) is 5.79. The average Bonchev–Trinajstić information content (AvgIpc) is 3.24. The molecule has 4 aromatic rings. The standard InChI is InChI=1S/C26H22N2O3.H2/c1-16-2-6-20(14-21(16)18-4-3-17-8-11-27-22(17)12-18)28-25(29)26(9-10-26)19-5-7-23-24(13-19)31-15-30-23;/h2-8,11-14,27H,9-10,15H2,1H3,(H,28,29);1H. The number of anilines is 1. The molecule has 2 aliphatic rings. The Morgan fingerprint density at radius 1 is 1.00 bits per heavy atom. The van der Waals surface area contributed by atoms with Crippen molar-refractivity contribution in [1.29, 1.82) is 0 Å². The van der Waals surface area contributed by atoms with E-state index in [1.165, 1.54) is 10.9 Å². The van der Waals surface area contributed by atoms with Crippen LogP contribution in [0.15, 0.2) is 66.9 Å². The second-order valence-electron chi connectivity index (χ2n) is 8.41. The van der Waals surface area contributed by atoms with Crippen molar-refractivity contribution in [3.8, 4) is 22.6 Å². The highest BCUT2D eigenvalue weighted by molar-refractivity contribution is 6.02. The highest BCUT2D eigenvalue weighted by Crippen LogP contribution is 2.51. The van der Waals surface area contributed by atoms with Crippen LogP contribution in [0.5, 0.6) is 11.5 Å². The van der Waals surface area contributed by atoms with Gasteiger partial charge in [-0.05, 0) is 83.8 Å². The predicted molar refractivity (Wildman–Crippen MR) is 123 cm³/mol. The monoisotopic (exact) mass is 412 g/mol. The molecule has 2 heterocycles. The summed E-state index contributed by atoms with van der Waals surface area (Å²) < 4.78 is 10.9. The third-order valence-corrected chi connectivity index (χ3v) is 6.47. The zero-order valence-electron chi connectivity index (χ0n) is 17.2. The molecule has 0 radical (unpaired) electrons. The molecule has 5 nitrogen and oxygen atoms in total. The maximum Gasteiger partial charge on any atom is 0.235 e. The van der Waals surface area contributed by atoms with Gasteiger partial charge in [0, 0.05) is 18.8 Å². The molecule has 0 bridgehead atoms. The summed E-state index contributed by atoms with van der Waals surface area (Å²) in [6.07, 6.45) is 3.62. The molecular formula is C26H24N2O3. The van der Waals surface area contributed by atoms with Crippen LogP contribution in [0.1, 0.15) is 25.4 Å². The number of aromatic amines is 1. The minimum Gasteiger partial charge on any atom is -0.454 e. The topological polar surface area (TPSA) is 63.4 Å². The molecule has 1 amide bonds. The van der Waals surface area contributed by atoms with E-state index in [0.717, 1.165) is 46.5 Å². The van der Waals surface area contributed by atoms with Crippen molar-refractivity contribution in [2.24, 2.45) is 0 Å². The van der Waals surface area contributed by atoms with Gasteiger partial charge in [-0.15, -0.1) is 0 Å². The van der Waals surface area contributed by atoms with Crippen molar-refractivity contribution >= 4 is 22.5 Å². The van der Waals surface area contributed by atoms with E-state index in [1.54, 1.807) is 0 Å². The first-order valence-corrected chi connectivity index (χ1v) is 10.5. The molecule has 2 N–H and O–H groups in total. The number of ether oxygens (including phenoxy) is 2. The van der Waals surface area contributed by atoms with E-state index in [0.29, 0.717) is 5.75 Å². The summed E-state index contributed by atoms with van der Waals surface area (Å²) in [6.45, 7) is 2.33. The largest absolute Gasteiger partial charge is 0.454 e. The van der Waals surface area contributed by atoms with E-state index in [1.807, 2.05) is 30.5 Å². The third kappa shape index (κ3) is 2.96. The summed E-state index contributed by atoms with van der Waals surface area (Å²) in [7, 11) is 0. The van der Waals surface area contributed by atoms with Crippen LogP contribution in [0.2, 0.25) is 0 Å². The summed E-state index contributed by atoms with van der Waals surface area (Å²) in [5, 5.41) is 4.35. The van der Waals surface area contributed by atoms with Crippen LogP contribution in [-0.2, 0) is 10.2 Å². The highest BCUT2D eigenvalue weighted by atomic mass is 16.7. The smallest absolute Gasteiger partial charge is 0.235 e. The Kier molecular flexibility index (Phi) is 3.87. The molecular weight excluding hydrogens is 388 g/mol. The number of amides is 1. The lowest BCUT2D eigenvalue weighted by Crippen LogP contribution is -2.27. The van der Waals surface area contributed by atoms with Crippen molar-refractivity contribution in [3.63, 3.8) is 0 Å². The lowest BCUT2D eigenvalue weighted by atomic mass is 9.94. The molecule has 0 unspecified atom stereocenters. The van der Waals surface area contributed by atoms with Gasteiger partial charge < -0.3 is 19.8 Å². The Balaban J connectivity index is 0.00000216. The van der Waals surface area contributed by atoms with Crippen LogP contribution in [0, 0.1) is 6.92 Å². The Bertz CT molecular complexity index is 1340. The van der Waals surface area contributed by atoms with E-state index in [2.05, 4.69) is 53.6 Å². The maximum atomic E-state index is 13.3. The fraction of sp³-hybridized carbons (Fsp3) is 0.192. The van der Waals surface area contributed by atoms with Crippen molar-refractivity contribution in [2.45, 2.75) is 25.2 Å². The van der Waals surface area contributed by atoms with E-state index in [4.69, 9.17) is 9.47 Å². The van der Waals surface area contributed by atoms with Crippen LogP contribution >= 0.6 is 0 Å². The molecule has 0 atom stereocenters. The molecule has 31 heavy (non-hydrogen) atoms. The minimum absolute atomic E-state index is 0. The lowest BCUT2D eigenvalue weighted by Gasteiger charge is -2.17. The Morgan fingerprint density at radius 2 is 1.87 bits per heavy atom. The van der Waals surface area contributed by atoms with Crippen LogP contribution < -0.4 is 14.8 Å². The third-order valence-electron chi connectivity index (χ3n) is 6.47. The van der Waals surface area contributed by atoms with E-state index in [-0.39, 0.29) is 14.1 Å². The Morgan fingerprint density at radius 3 is 2.74 bits per heavy atom. The summed E-state index contributed by atoms with van der Waals surface area (Å²) in [5.41, 5.74) is 5.81. The molecule has 1 aromatic heterocycles.